The van der Waals surface area contributed by atoms with Crippen LogP contribution in [0.4, 0.5) is 0 Å². The maximum absolute atomic E-state index is 12.0. The molecular formula is C15H19ClN4O2. The molecule has 1 N–H and O–H groups in total. The molecule has 2 saturated carbocycles. The number of fused-ring (bicyclic) bond motifs is 3. The first-order chi connectivity index (χ1) is 10.6. The Morgan fingerprint density at radius 2 is 2.32 bits per heavy atom. The maximum atomic E-state index is 12.0. The van der Waals surface area contributed by atoms with Gasteiger partial charge in [-0.05, 0) is 44.4 Å². The lowest BCUT2D eigenvalue weighted by Gasteiger charge is -2.21. The molecule has 0 saturated heterocycles. The van der Waals surface area contributed by atoms with Crippen molar-refractivity contribution in [2.45, 2.75) is 51.6 Å². The van der Waals surface area contributed by atoms with Gasteiger partial charge in [-0.15, -0.1) is 5.10 Å². The fourth-order valence-electron chi connectivity index (χ4n) is 3.83. The number of carbonyl (C=O) groups is 1. The van der Waals surface area contributed by atoms with E-state index in [2.05, 4.69) is 15.2 Å². The molecule has 4 rings (SSSR count). The van der Waals surface area contributed by atoms with Gasteiger partial charge in [-0.2, -0.15) is 4.63 Å². The van der Waals surface area contributed by atoms with Gasteiger partial charge >= 0.3 is 5.97 Å². The van der Waals surface area contributed by atoms with Crippen molar-refractivity contribution < 1.29 is 9.53 Å². The Kier molecular flexibility index (Phi) is 3.36. The first kappa shape index (κ1) is 14.1. The number of rotatable bonds is 4. The highest BCUT2D eigenvalue weighted by molar-refractivity contribution is 6.34. The van der Waals surface area contributed by atoms with Gasteiger partial charge < -0.3 is 4.74 Å². The van der Waals surface area contributed by atoms with Crippen molar-refractivity contribution in [3.63, 3.8) is 0 Å². The monoisotopic (exact) mass is 322 g/mol. The fourth-order valence-corrected chi connectivity index (χ4v) is 3.99. The summed E-state index contributed by atoms with van der Waals surface area (Å²) in [5.41, 5.74) is 1.44. The molecule has 3 unspecified atom stereocenters. The van der Waals surface area contributed by atoms with Crippen LogP contribution in [0.25, 0.3) is 5.65 Å². The number of esters is 1. The van der Waals surface area contributed by atoms with Crippen molar-refractivity contribution in [3.05, 3.63) is 16.5 Å². The number of hydrogen-bond acceptors (Lipinski definition) is 4. The van der Waals surface area contributed by atoms with Gasteiger partial charge in [0.25, 0.3) is 0 Å². The van der Waals surface area contributed by atoms with Gasteiger partial charge in [-0.25, -0.2) is 4.98 Å². The minimum atomic E-state index is -0.140. The zero-order valence-electron chi connectivity index (χ0n) is 12.5. The average molecular weight is 323 g/mol. The van der Waals surface area contributed by atoms with Crippen molar-refractivity contribution in [1.82, 2.24) is 19.8 Å². The van der Waals surface area contributed by atoms with Gasteiger partial charge in [-0.1, -0.05) is 11.6 Å². The van der Waals surface area contributed by atoms with Crippen LogP contribution in [-0.4, -0.2) is 31.9 Å². The molecule has 118 valence electrons. The molecule has 0 radical (unpaired) electrons. The van der Waals surface area contributed by atoms with Gasteiger partial charge in [0.2, 0.25) is 0 Å². The third-order valence-electron chi connectivity index (χ3n) is 4.96. The number of hydrogen-bond donors (Lipinski definition) is 1. The van der Waals surface area contributed by atoms with Crippen molar-refractivity contribution >= 4 is 23.2 Å². The lowest BCUT2D eigenvalue weighted by molar-refractivity contribution is -0.151. The number of nitrogens with one attached hydrogen (secondary N) is 1. The van der Waals surface area contributed by atoms with E-state index in [-0.39, 0.29) is 12.1 Å². The molecule has 2 bridgehead atoms. The Labute approximate surface area is 133 Å². The molecule has 0 aromatic carbocycles. The van der Waals surface area contributed by atoms with Gasteiger partial charge in [0, 0.05) is 6.42 Å². The van der Waals surface area contributed by atoms with Crippen molar-refractivity contribution in [3.8, 4) is 0 Å². The first-order valence-corrected chi connectivity index (χ1v) is 8.27. The molecule has 2 aliphatic rings. The molecule has 2 aromatic rings. The second kappa shape index (κ2) is 5.26. The number of halogens is 1. The van der Waals surface area contributed by atoms with Crippen molar-refractivity contribution in [2.24, 2.45) is 11.8 Å². The van der Waals surface area contributed by atoms with Crippen LogP contribution in [-0.2, 0) is 16.0 Å². The molecule has 2 fully saturated rings. The van der Waals surface area contributed by atoms with E-state index in [1.54, 1.807) is 4.63 Å². The van der Waals surface area contributed by atoms with E-state index in [0.717, 1.165) is 18.0 Å². The molecule has 2 heterocycles. The van der Waals surface area contributed by atoms with Crippen LogP contribution >= 0.6 is 11.6 Å². The van der Waals surface area contributed by atoms with Crippen LogP contribution in [0.15, 0.2) is 0 Å². The molecule has 2 aliphatic carbocycles. The number of carbonyl (C=O) groups excluding carboxylic acids is 1. The van der Waals surface area contributed by atoms with E-state index in [1.807, 2.05) is 6.92 Å². The lowest BCUT2D eigenvalue weighted by Crippen LogP contribution is -2.24. The molecule has 0 aliphatic heterocycles. The zero-order chi connectivity index (χ0) is 15.3. The van der Waals surface area contributed by atoms with E-state index in [1.165, 1.54) is 19.3 Å². The molecule has 22 heavy (non-hydrogen) atoms. The van der Waals surface area contributed by atoms with Crippen LogP contribution in [0.2, 0.25) is 5.02 Å². The molecule has 3 atom stereocenters. The normalized spacial score (nSPS) is 26.9. The second-order valence-electron chi connectivity index (χ2n) is 6.52. The number of H-pyrrole nitrogens is 1. The third kappa shape index (κ3) is 2.39. The number of aromatic amines is 1. The largest absolute Gasteiger partial charge is 0.462 e. The highest BCUT2D eigenvalue weighted by atomic mass is 35.5. The Balaban J connectivity index is 1.34. The minimum absolute atomic E-state index is 0.140. The first-order valence-electron chi connectivity index (χ1n) is 7.89. The number of aryl methyl sites for hydroxylation is 2. The minimum Gasteiger partial charge on any atom is -0.462 e. The highest BCUT2D eigenvalue weighted by Gasteiger charge is 2.41. The summed E-state index contributed by atoms with van der Waals surface area (Å²) in [5.74, 6) is 1.85. The van der Waals surface area contributed by atoms with Crippen LogP contribution in [0.3, 0.4) is 0 Å². The van der Waals surface area contributed by atoms with Crippen LogP contribution in [0, 0.1) is 18.8 Å². The predicted molar refractivity (Wildman–Crippen MR) is 80.7 cm³/mol. The molecular weight excluding hydrogens is 304 g/mol. The molecule has 6 nitrogen and oxygen atoms in total. The molecule has 0 amide bonds. The van der Waals surface area contributed by atoms with Gasteiger partial charge in [0.05, 0.1) is 12.1 Å². The Bertz CT molecular complexity index is 723. The van der Waals surface area contributed by atoms with Crippen LogP contribution < -0.4 is 0 Å². The summed E-state index contributed by atoms with van der Waals surface area (Å²) in [4.78, 5) is 16.4. The fraction of sp³-hybridized carbons (Fsp3) is 0.667. The Morgan fingerprint density at radius 3 is 3.00 bits per heavy atom. The zero-order valence-corrected chi connectivity index (χ0v) is 13.3. The summed E-state index contributed by atoms with van der Waals surface area (Å²) >= 11 is 6.12. The van der Waals surface area contributed by atoms with E-state index < -0.39 is 0 Å². The Morgan fingerprint density at radius 1 is 1.45 bits per heavy atom. The van der Waals surface area contributed by atoms with E-state index in [0.29, 0.717) is 35.3 Å². The average Bonchev–Trinajstić information content (AvgIpc) is 3.22. The standard InChI is InChI=1S/C15H19ClN4O2/c1-8-14(16)15-17-12(19-20(15)18-8)4-5-13(21)22-11-7-9-2-3-10(11)6-9/h9-11,18H,2-7H2,1H3. The molecule has 7 heteroatoms. The van der Waals surface area contributed by atoms with Gasteiger partial charge in [0.1, 0.15) is 11.1 Å². The summed E-state index contributed by atoms with van der Waals surface area (Å²) in [6.45, 7) is 1.87. The second-order valence-corrected chi connectivity index (χ2v) is 6.90. The van der Waals surface area contributed by atoms with Crippen molar-refractivity contribution in [1.29, 1.82) is 0 Å². The van der Waals surface area contributed by atoms with Crippen LogP contribution in [0.5, 0.6) is 0 Å². The SMILES string of the molecule is Cc1[nH]n2nc(CCC(=O)OC3CC4CCC3C4)nc2c1Cl. The Hall–Kier alpha value is -1.56. The summed E-state index contributed by atoms with van der Waals surface area (Å²) in [6, 6.07) is 0. The number of nitrogens with zero attached hydrogens (tertiary/aromatic N) is 3. The number of ether oxygens (including phenoxy) is 1. The topological polar surface area (TPSA) is 72.3 Å². The summed E-state index contributed by atoms with van der Waals surface area (Å²) in [7, 11) is 0. The predicted octanol–water partition coefficient (Wildman–Crippen LogP) is 2.68. The molecule has 0 spiro atoms. The van der Waals surface area contributed by atoms with E-state index in [9.17, 15) is 4.79 Å². The lowest BCUT2D eigenvalue weighted by atomic mass is 9.98. The third-order valence-corrected chi connectivity index (χ3v) is 5.41. The maximum Gasteiger partial charge on any atom is 0.306 e. The van der Waals surface area contributed by atoms with Crippen LogP contribution in [0.1, 0.15) is 43.6 Å². The summed E-state index contributed by atoms with van der Waals surface area (Å²) in [5, 5.41) is 7.87. The summed E-state index contributed by atoms with van der Waals surface area (Å²) in [6.07, 6.45) is 5.76. The quantitative estimate of drug-likeness (QED) is 0.878. The van der Waals surface area contributed by atoms with Gasteiger partial charge in [-0.3, -0.25) is 9.89 Å². The van der Waals surface area contributed by atoms with Gasteiger partial charge in [0.15, 0.2) is 11.5 Å². The highest BCUT2D eigenvalue weighted by Crippen LogP contribution is 2.45. The summed E-state index contributed by atoms with van der Waals surface area (Å²) < 4.78 is 7.18. The van der Waals surface area contributed by atoms with Crippen molar-refractivity contribution in [2.75, 3.05) is 0 Å². The van der Waals surface area contributed by atoms with E-state index >= 15 is 0 Å². The molecule has 2 aromatic heterocycles. The smallest absolute Gasteiger partial charge is 0.306 e. The van der Waals surface area contributed by atoms with E-state index in [4.69, 9.17) is 16.3 Å². The number of aromatic nitrogens is 4.